The number of nitrogens with zero attached hydrogens (tertiary/aromatic N) is 3. The largest absolute Gasteiger partial charge is 0.400 e. The van der Waals surface area contributed by atoms with E-state index in [1.54, 1.807) is 24.3 Å². The number of fused-ring (bicyclic) bond motifs is 1. The van der Waals surface area contributed by atoms with E-state index < -0.39 is 6.67 Å². The van der Waals surface area contributed by atoms with Gasteiger partial charge >= 0.3 is 0 Å². The highest BCUT2D eigenvalue weighted by atomic mass is 35.5. The van der Waals surface area contributed by atoms with Crippen molar-refractivity contribution in [2.24, 2.45) is 0 Å². The van der Waals surface area contributed by atoms with Gasteiger partial charge < -0.3 is 5.11 Å². The van der Waals surface area contributed by atoms with Gasteiger partial charge in [-0.2, -0.15) is 5.10 Å². The lowest BCUT2D eigenvalue weighted by Crippen LogP contribution is -2.00. The van der Waals surface area contributed by atoms with Crippen LogP contribution >= 0.6 is 23.2 Å². The van der Waals surface area contributed by atoms with Crippen molar-refractivity contribution in [1.82, 2.24) is 14.6 Å². The van der Waals surface area contributed by atoms with Crippen LogP contribution in [0.1, 0.15) is 16.2 Å². The zero-order valence-corrected chi connectivity index (χ0v) is 13.5. The van der Waals surface area contributed by atoms with Gasteiger partial charge in [-0.1, -0.05) is 29.3 Å². The molecule has 0 aliphatic rings. The van der Waals surface area contributed by atoms with Crippen LogP contribution in [-0.4, -0.2) is 33.1 Å². The van der Waals surface area contributed by atoms with E-state index in [2.05, 4.69) is 10.1 Å². The summed E-state index contributed by atoms with van der Waals surface area (Å²) in [6.45, 7) is -0.729. The standard InChI is InChI=1S/C14H8Cl2FN3O.CH4O/c15-11-2-1-8(3-12(11)16)13-5-10(6-17)20-14(18-13)4-9(7-21)19-20;1-2/h1-5,7H,6H2;2H,1H3. The van der Waals surface area contributed by atoms with E-state index in [0.29, 0.717) is 38.9 Å². The first kappa shape index (κ1) is 17.3. The highest BCUT2D eigenvalue weighted by Crippen LogP contribution is 2.28. The Balaban J connectivity index is 0.000000924. The summed E-state index contributed by atoms with van der Waals surface area (Å²) in [5, 5.41) is 11.8. The Hall–Kier alpha value is -2.02. The van der Waals surface area contributed by atoms with E-state index in [4.69, 9.17) is 28.3 Å². The van der Waals surface area contributed by atoms with Crippen LogP contribution in [0.5, 0.6) is 0 Å². The number of aliphatic hydroxyl groups is 1. The van der Waals surface area contributed by atoms with Gasteiger partial charge in [-0.25, -0.2) is 13.9 Å². The molecule has 0 aliphatic carbocycles. The summed E-state index contributed by atoms with van der Waals surface area (Å²) in [6.07, 6.45) is 0.593. The average Bonchev–Trinajstić information content (AvgIpc) is 3.01. The van der Waals surface area contributed by atoms with Gasteiger partial charge in [0, 0.05) is 18.7 Å². The van der Waals surface area contributed by atoms with Gasteiger partial charge in [0.25, 0.3) is 0 Å². The number of benzene rings is 1. The van der Waals surface area contributed by atoms with E-state index in [0.717, 1.165) is 7.11 Å². The van der Waals surface area contributed by atoms with Crippen molar-refractivity contribution in [3.05, 3.63) is 51.8 Å². The maximum atomic E-state index is 13.2. The fourth-order valence-electron chi connectivity index (χ4n) is 2.01. The summed E-state index contributed by atoms with van der Waals surface area (Å²) in [4.78, 5) is 15.1. The molecule has 0 radical (unpaired) electrons. The molecule has 3 rings (SSSR count). The molecule has 0 unspecified atom stereocenters. The van der Waals surface area contributed by atoms with E-state index in [-0.39, 0.29) is 5.69 Å². The monoisotopic (exact) mass is 355 g/mol. The van der Waals surface area contributed by atoms with E-state index in [1.165, 1.54) is 10.6 Å². The first-order valence-corrected chi connectivity index (χ1v) is 7.19. The lowest BCUT2D eigenvalue weighted by molar-refractivity contribution is 0.111. The molecule has 120 valence electrons. The Kier molecular flexibility index (Phi) is 5.65. The molecule has 1 N–H and O–H groups in total. The van der Waals surface area contributed by atoms with Crippen molar-refractivity contribution in [2.75, 3.05) is 7.11 Å². The molecule has 0 bridgehead atoms. The molecule has 8 heteroatoms. The van der Waals surface area contributed by atoms with Gasteiger partial charge in [0.1, 0.15) is 12.4 Å². The molecule has 1 aromatic carbocycles. The van der Waals surface area contributed by atoms with Crippen molar-refractivity contribution < 1.29 is 14.3 Å². The van der Waals surface area contributed by atoms with Crippen LogP contribution in [0.2, 0.25) is 10.0 Å². The molecule has 0 aliphatic heterocycles. The van der Waals surface area contributed by atoms with Gasteiger partial charge in [0.05, 0.1) is 21.4 Å². The lowest BCUT2D eigenvalue weighted by atomic mass is 10.1. The van der Waals surface area contributed by atoms with E-state index >= 15 is 0 Å². The molecule has 5 nitrogen and oxygen atoms in total. The van der Waals surface area contributed by atoms with Crippen LogP contribution in [0.3, 0.4) is 0 Å². The predicted molar refractivity (Wildman–Crippen MR) is 86.8 cm³/mol. The van der Waals surface area contributed by atoms with Gasteiger partial charge in [-0.15, -0.1) is 0 Å². The third-order valence-corrected chi connectivity index (χ3v) is 3.73. The Morgan fingerprint density at radius 2 is 1.96 bits per heavy atom. The molecular formula is C15H12Cl2FN3O2. The molecule has 0 saturated heterocycles. The van der Waals surface area contributed by atoms with Gasteiger partial charge in [0.15, 0.2) is 11.9 Å². The second-order valence-electron chi connectivity index (χ2n) is 4.35. The Morgan fingerprint density at radius 1 is 1.22 bits per heavy atom. The average molecular weight is 356 g/mol. The lowest BCUT2D eigenvalue weighted by Gasteiger charge is -2.06. The Morgan fingerprint density at radius 3 is 2.57 bits per heavy atom. The van der Waals surface area contributed by atoms with E-state index in [1.807, 2.05) is 0 Å². The second-order valence-corrected chi connectivity index (χ2v) is 5.17. The van der Waals surface area contributed by atoms with Crippen LogP contribution in [0, 0.1) is 0 Å². The number of rotatable bonds is 3. The number of carbonyl (C=O) groups is 1. The molecule has 0 fully saturated rings. The molecule has 2 heterocycles. The Bertz CT molecular complexity index is 852. The fourth-order valence-corrected chi connectivity index (χ4v) is 2.31. The minimum Gasteiger partial charge on any atom is -0.400 e. The summed E-state index contributed by atoms with van der Waals surface area (Å²) >= 11 is 11.9. The third kappa shape index (κ3) is 3.50. The topological polar surface area (TPSA) is 67.5 Å². The summed E-state index contributed by atoms with van der Waals surface area (Å²) in [5.74, 6) is 0. The summed E-state index contributed by atoms with van der Waals surface area (Å²) in [7, 11) is 1.00. The minimum absolute atomic E-state index is 0.198. The van der Waals surface area contributed by atoms with Crippen LogP contribution < -0.4 is 0 Å². The number of alkyl halides is 1. The molecule has 3 aromatic rings. The van der Waals surface area contributed by atoms with Gasteiger partial charge in [0.2, 0.25) is 0 Å². The summed E-state index contributed by atoms with van der Waals surface area (Å²) in [6, 6.07) is 8.10. The highest BCUT2D eigenvalue weighted by molar-refractivity contribution is 6.42. The van der Waals surface area contributed by atoms with Crippen LogP contribution in [0.25, 0.3) is 16.9 Å². The van der Waals surface area contributed by atoms with Crippen LogP contribution in [0.15, 0.2) is 30.3 Å². The third-order valence-electron chi connectivity index (χ3n) is 2.99. The predicted octanol–water partition coefficient (Wildman–Crippen LogP) is 3.59. The van der Waals surface area contributed by atoms with Crippen molar-refractivity contribution in [3.8, 4) is 11.3 Å². The number of aldehydes is 1. The van der Waals surface area contributed by atoms with Gasteiger partial charge in [-0.05, 0) is 18.2 Å². The first-order valence-electron chi connectivity index (χ1n) is 6.43. The summed E-state index contributed by atoms with van der Waals surface area (Å²) < 4.78 is 14.5. The molecular weight excluding hydrogens is 344 g/mol. The molecule has 0 spiro atoms. The van der Waals surface area contributed by atoms with Crippen molar-refractivity contribution in [3.63, 3.8) is 0 Å². The maximum absolute atomic E-state index is 13.2. The smallest absolute Gasteiger partial charge is 0.170 e. The molecule has 0 amide bonds. The number of aromatic nitrogens is 3. The molecule has 0 saturated carbocycles. The SMILES string of the molecule is CO.O=Cc1cc2nc(-c3ccc(Cl)c(Cl)c3)cc(CF)n2n1. The van der Waals surface area contributed by atoms with E-state index in [9.17, 15) is 9.18 Å². The molecule has 2 aromatic heterocycles. The quantitative estimate of drug-likeness (QED) is 0.729. The summed E-state index contributed by atoms with van der Waals surface area (Å²) in [5.41, 5.74) is 2.13. The normalized spacial score (nSPS) is 10.3. The highest BCUT2D eigenvalue weighted by Gasteiger charge is 2.11. The van der Waals surface area contributed by atoms with Crippen LogP contribution in [-0.2, 0) is 6.67 Å². The fraction of sp³-hybridized carbons (Fsp3) is 0.133. The Labute approximate surface area is 141 Å². The van der Waals surface area contributed by atoms with Crippen molar-refractivity contribution >= 4 is 35.1 Å². The molecule has 0 atom stereocenters. The van der Waals surface area contributed by atoms with Crippen LogP contribution in [0.4, 0.5) is 4.39 Å². The molecule has 23 heavy (non-hydrogen) atoms. The minimum atomic E-state index is -0.729. The second kappa shape index (κ2) is 7.50. The number of hydrogen-bond donors (Lipinski definition) is 1. The number of hydrogen-bond acceptors (Lipinski definition) is 4. The van der Waals surface area contributed by atoms with Gasteiger partial charge in [-0.3, -0.25) is 4.79 Å². The zero-order valence-electron chi connectivity index (χ0n) is 12.0. The van der Waals surface area contributed by atoms with Crippen molar-refractivity contribution in [1.29, 1.82) is 0 Å². The van der Waals surface area contributed by atoms with Crippen molar-refractivity contribution in [2.45, 2.75) is 6.67 Å². The maximum Gasteiger partial charge on any atom is 0.170 e. The number of aliphatic hydroxyl groups excluding tert-OH is 1. The zero-order chi connectivity index (χ0) is 17.0. The number of carbonyl (C=O) groups excluding carboxylic acids is 1. The number of halogens is 3. The first-order chi connectivity index (χ1) is 11.1.